The van der Waals surface area contributed by atoms with Gasteiger partial charge in [0.05, 0.1) is 25.3 Å². The van der Waals surface area contributed by atoms with Crippen molar-refractivity contribution in [2.45, 2.75) is 0 Å². The van der Waals surface area contributed by atoms with Gasteiger partial charge >= 0.3 is 11.9 Å². The summed E-state index contributed by atoms with van der Waals surface area (Å²) in [5.41, 5.74) is 0.710. The summed E-state index contributed by atoms with van der Waals surface area (Å²) >= 11 is 0. The zero-order chi connectivity index (χ0) is 13.1. The minimum atomic E-state index is -0.728. The van der Waals surface area contributed by atoms with Gasteiger partial charge in [0.25, 0.3) is 0 Å². The number of rotatable bonds is 2. The fourth-order valence-corrected chi connectivity index (χ4v) is 1.48. The van der Waals surface area contributed by atoms with E-state index in [1.54, 1.807) is 24.3 Å². The van der Waals surface area contributed by atoms with Gasteiger partial charge in [0, 0.05) is 0 Å². The van der Waals surface area contributed by atoms with Gasteiger partial charge in [-0.15, -0.1) is 0 Å². The van der Waals surface area contributed by atoms with Crippen LogP contribution >= 0.6 is 0 Å². The van der Waals surface area contributed by atoms with E-state index in [-0.39, 0.29) is 11.4 Å². The topological polar surface area (TPSA) is 78.4 Å². The molecule has 18 heavy (non-hydrogen) atoms. The molecule has 0 fully saturated rings. The Morgan fingerprint density at radius 1 is 0.889 bits per heavy atom. The number of carbonyl (C=O) groups excluding carboxylic acids is 2. The van der Waals surface area contributed by atoms with E-state index in [1.807, 2.05) is 0 Å². The number of methoxy groups -OCH3 is 2. The second-order valence-corrected chi connectivity index (χ2v) is 3.39. The molecule has 0 aliphatic heterocycles. The molecule has 0 aliphatic rings. The van der Waals surface area contributed by atoms with Gasteiger partial charge in [0.1, 0.15) is 0 Å². The van der Waals surface area contributed by atoms with Crippen LogP contribution in [0.1, 0.15) is 21.0 Å². The van der Waals surface area contributed by atoms with Crippen LogP contribution in [0.3, 0.4) is 0 Å². The fourth-order valence-electron chi connectivity index (χ4n) is 1.48. The monoisotopic (exact) mass is 246 g/mol. The maximum absolute atomic E-state index is 11.6. The Morgan fingerprint density at radius 2 is 1.28 bits per heavy atom. The van der Waals surface area contributed by atoms with Crippen LogP contribution in [0.5, 0.6) is 0 Å². The molecular formula is C12H10N2O4. The number of benzene rings is 1. The number of carbonyl (C=O) groups is 2. The van der Waals surface area contributed by atoms with E-state index >= 15 is 0 Å². The molecule has 0 aliphatic carbocycles. The minimum Gasteiger partial charge on any atom is -0.464 e. The second kappa shape index (κ2) is 4.79. The average Bonchev–Trinajstić information content (AvgIpc) is 2.44. The Bertz CT molecular complexity index is 570. The molecule has 1 aromatic heterocycles. The molecule has 0 amide bonds. The van der Waals surface area contributed by atoms with E-state index in [1.165, 1.54) is 14.2 Å². The lowest BCUT2D eigenvalue weighted by Gasteiger charge is -2.06. The van der Waals surface area contributed by atoms with E-state index in [4.69, 9.17) is 0 Å². The molecule has 1 aromatic carbocycles. The predicted molar refractivity (Wildman–Crippen MR) is 62.2 cm³/mol. The Morgan fingerprint density at radius 3 is 1.61 bits per heavy atom. The zero-order valence-corrected chi connectivity index (χ0v) is 9.84. The van der Waals surface area contributed by atoms with Crippen LogP contribution in [-0.4, -0.2) is 36.1 Å². The summed E-state index contributed by atoms with van der Waals surface area (Å²) in [7, 11) is 2.42. The number of hydrogen-bond acceptors (Lipinski definition) is 6. The van der Waals surface area contributed by atoms with Crippen molar-refractivity contribution in [2.75, 3.05) is 14.2 Å². The summed E-state index contributed by atoms with van der Waals surface area (Å²) in [6.07, 6.45) is 0. The molecule has 0 atom stereocenters. The fraction of sp³-hybridized carbons (Fsp3) is 0.167. The number of aromatic nitrogens is 2. The van der Waals surface area contributed by atoms with Gasteiger partial charge in [-0.1, -0.05) is 12.1 Å². The molecule has 0 spiro atoms. The van der Waals surface area contributed by atoms with Gasteiger partial charge in [-0.25, -0.2) is 19.6 Å². The third kappa shape index (κ3) is 2.00. The second-order valence-electron chi connectivity index (χ2n) is 3.39. The Hall–Kier alpha value is -2.50. The van der Waals surface area contributed by atoms with E-state index in [0.717, 1.165) is 0 Å². The summed E-state index contributed by atoms with van der Waals surface area (Å²) in [5, 5.41) is 0. The average molecular weight is 246 g/mol. The largest absolute Gasteiger partial charge is 0.464 e. The summed E-state index contributed by atoms with van der Waals surface area (Å²) in [6.45, 7) is 0. The normalized spacial score (nSPS) is 10.1. The number of fused-ring (bicyclic) bond motifs is 1. The van der Waals surface area contributed by atoms with Gasteiger partial charge in [-0.05, 0) is 12.1 Å². The molecular weight excluding hydrogens is 236 g/mol. The standard InChI is InChI=1S/C12H10N2O4/c1-17-11(15)9-10(12(16)18-2)14-8-6-4-3-5-7(8)13-9/h3-6H,1-2H3. The summed E-state index contributed by atoms with van der Waals surface area (Å²) in [6, 6.07) is 6.90. The molecule has 0 unspecified atom stereocenters. The number of ether oxygens (including phenoxy) is 2. The highest BCUT2D eigenvalue weighted by molar-refractivity contribution is 6.02. The van der Waals surface area contributed by atoms with Crippen LogP contribution in [0.25, 0.3) is 11.0 Å². The maximum atomic E-state index is 11.6. The molecule has 0 radical (unpaired) electrons. The highest BCUT2D eigenvalue weighted by Gasteiger charge is 2.22. The molecule has 1 heterocycles. The van der Waals surface area contributed by atoms with Crippen molar-refractivity contribution in [1.82, 2.24) is 9.97 Å². The van der Waals surface area contributed by atoms with Crippen LogP contribution < -0.4 is 0 Å². The van der Waals surface area contributed by atoms with Gasteiger partial charge in [-0.2, -0.15) is 0 Å². The Balaban J connectivity index is 2.71. The maximum Gasteiger partial charge on any atom is 0.359 e. The van der Waals surface area contributed by atoms with Crippen molar-refractivity contribution in [3.8, 4) is 0 Å². The Kier molecular flexibility index (Phi) is 3.18. The van der Waals surface area contributed by atoms with Gasteiger partial charge in [0.15, 0.2) is 11.4 Å². The van der Waals surface area contributed by atoms with Crippen molar-refractivity contribution in [2.24, 2.45) is 0 Å². The first kappa shape index (κ1) is 12.0. The lowest BCUT2D eigenvalue weighted by atomic mass is 10.2. The van der Waals surface area contributed by atoms with E-state index in [2.05, 4.69) is 19.4 Å². The molecule has 92 valence electrons. The first-order valence-electron chi connectivity index (χ1n) is 5.10. The van der Waals surface area contributed by atoms with Crippen molar-refractivity contribution < 1.29 is 19.1 Å². The summed E-state index contributed by atoms with van der Waals surface area (Å²) < 4.78 is 9.14. The SMILES string of the molecule is COC(=O)c1nc2ccccc2nc1C(=O)OC. The molecule has 0 N–H and O–H groups in total. The van der Waals surface area contributed by atoms with Crippen LogP contribution in [0.2, 0.25) is 0 Å². The molecule has 2 rings (SSSR count). The molecule has 0 saturated heterocycles. The zero-order valence-electron chi connectivity index (χ0n) is 9.84. The van der Waals surface area contributed by atoms with Gasteiger partial charge < -0.3 is 9.47 Å². The van der Waals surface area contributed by atoms with E-state index in [0.29, 0.717) is 11.0 Å². The highest BCUT2D eigenvalue weighted by atomic mass is 16.5. The molecule has 6 heteroatoms. The minimum absolute atomic E-state index is 0.150. The summed E-state index contributed by atoms with van der Waals surface area (Å²) in [5.74, 6) is -1.46. The first-order chi connectivity index (χ1) is 8.67. The van der Waals surface area contributed by atoms with Crippen LogP contribution in [0.15, 0.2) is 24.3 Å². The molecule has 0 saturated carbocycles. The molecule has 0 bridgehead atoms. The van der Waals surface area contributed by atoms with Crippen molar-refractivity contribution in [1.29, 1.82) is 0 Å². The van der Waals surface area contributed by atoms with Gasteiger partial charge in [-0.3, -0.25) is 0 Å². The smallest absolute Gasteiger partial charge is 0.359 e. The molecule has 6 nitrogen and oxygen atoms in total. The highest BCUT2D eigenvalue weighted by Crippen LogP contribution is 2.14. The predicted octanol–water partition coefficient (Wildman–Crippen LogP) is 1.20. The third-order valence-corrected chi connectivity index (χ3v) is 2.33. The van der Waals surface area contributed by atoms with Crippen LogP contribution in [0, 0.1) is 0 Å². The third-order valence-electron chi connectivity index (χ3n) is 2.33. The van der Waals surface area contributed by atoms with Crippen LogP contribution in [-0.2, 0) is 9.47 Å². The number of para-hydroxylation sites is 2. The lowest BCUT2D eigenvalue weighted by molar-refractivity contribution is 0.0545. The molecule has 2 aromatic rings. The van der Waals surface area contributed by atoms with Crippen molar-refractivity contribution in [3.05, 3.63) is 35.7 Å². The van der Waals surface area contributed by atoms with Crippen LogP contribution in [0.4, 0.5) is 0 Å². The van der Waals surface area contributed by atoms with E-state index < -0.39 is 11.9 Å². The quantitative estimate of drug-likeness (QED) is 0.741. The number of nitrogens with zero attached hydrogens (tertiary/aromatic N) is 2. The van der Waals surface area contributed by atoms with Gasteiger partial charge in [0.2, 0.25) is 0 Å². The number of esters is 2. The Labute approximate surface area is 103 Å². The van der Waals surface area contributed by atoms with E-state index in [9.17, 15) is 9.59 Å². The first-order valence-corrected chi connectivity index (χ1v) is 5.10. The lowest BCUT2D eigenvalue weighted by Crippen LogP contribution is -2.16. The summed E-state index contributed by atoms with van der Waals surface area (Å²) in [4.78, 5) is 31.3. The van der Waals surface area contributed by atoms with Crippen molar-refractivity contribution >= 4 is 23.0 Å². The number of hydrogen-bond donors (Lipinski definition) is 0. The van der Waals surface area contributed by atoms with Crippen molar-refractivity contribution in [3.63, 3.8) is 0 Å².